The fourth-order valence-corrected chi connectivity index (χ4v) is 2.55. The highest BCUT2D eigenvalue weighted by molar-refractivity contribution is 5.51. The van der Waals surface area contributed by atoms with Crippen LogP contribution in [0.5, 0.6) is 0 Å². The summed E-state index contributed by atoms with van der Waals surface area (Å²) in [4.78, 5) is 0. The average Bonchev–Trinajstić information content (AvgIpc) is 2.44. The predicted molar refractivity (Wildman–Crippen MR) is 72.4 cm³/mol. The van der Waals surface area contributed by atoms with Crippen LogP contribution in [0.2, 0.25) is 0 Å². The molecule has 2 nitrogen and oxygen atoms in total. The monoisotopic (exact) mass is 270 g/mol. The minimum absolute atomic E-state index is 0.103. The molecule has 20 heavy (non-hydrogen) atoms. The van der Waals surface area contributed by atoms with Crippen LogP contribution < -0.4 is 5.32 Å². The summed E-state index contributed by atoms with van der Waals surface area (Å²) in [7, 11) is 0. The van der Waals surface area contributed by atoms with Gasteiger partial charge >= 0.3 is 0 Å². The Balaban J connectivity index is 1.72. The van der Waals surface area contributed by atoms with Gasteiger partial charge in [-0.05, 0) is 29.7 Å². The molecule has 4 heteroatoms. The molecule has 2 aromatic carbocycles. The first kappa shape index (κ1) is 12.6. The summed E-state index contributed by atoms with van der Waals surface area (Å²) in [6.45, 7) is 0.555. The number of anilines is 1. The molecule has 1 aliphatic carbocycles. The fraction of sp³-hybridized carbons (Fsp3) is 0.188. The number of rotatable bonds is 3. The first-order valence-electron chi connectivity index (χ1n) is 6.40. The SMILES string of the molecule is N#Cc1ccc(NCC2Cc3ccccc32)c(F)c1F. The molecule has 2 aromatic rings. The van der Waals surface area contributed by atoms with E-state index in [1.165, 1.54) is 23.3 Å². The van der Waals surface area contributed by atoms with Crippen molar-refractivity contribution in [3.05, 3.63) is 64.7 Å². The molecular formula is C16H12F2N2. The highest BCUT2D eigenvalue weighted by Crippen LogP contribution is 2.35. The molecular weight excluding hydrogens is 258 g/mol. The molecule has 1 aliphatic rings. The highest BCUT2D eigenvalue weighted by atomic mass is 19.2. The van der Waals surface area contributed by atoms with Gasteiger partial charge in [0.15, 0.2) is 11.6 Å². The first-order valence-corrected chi connectivity index (χ1v) is 6.40. The minimum atomic E-state index is -1.09. The van der Waals surface area contributed by atoms with Crippen LogP contribution in [0, 0.1) is 23.0 Å². The second-order valence-corrected chi connectivity index (χ2v) is 4.88. The number of nitrogens with one attached hydrogen (secondary N) is 1. The van der Waals surface area contributed by atoms with Gasteiger partial charge in [0.1, 0.15) is 6.07 Å². The van der Waals surface area contributed by atoms with Gasteiger partial charge in [0.2, 0.25) is 0 Å². The molecule has 0 spiro atoms. The molecule has 1 atom stereocenters. The summed E-state index contributed by atoms with van der Waals surface area (Å²) in [5.41, 5.74) is 2.40. The quantitative estimate of drug-likeness (QED) is 0.925. The van der Waals surface area contributed by atoms with Gasteiger partial charge in [-0.25, -0.2) is 8.78 Å². The van der Waals surface area contributed by atoms with Gasteiger partial charge < -0.3 is 5.32 Å². The second kappa shape index (κ2) is 4.93. The van der Waals surface area contributed by atoms with E-state index in [1.54, 1.807) is 6.07 Å². The molecule has 3 rings (SSSR count). The predicted octanol–water partition coefficient (Wildman–Crippen LogP) is 3.59. The van der Waals surface area contributed by atoms with Crippen LogP contribution in [0.25, 0.3) is 0 Å². The number of nitrogens with zero attached hydrogens (tertiary/aromatic N) is 1. The molecule has 0 fully saturated rings. The number of halogens is 2. The van der Waals surface area contributed by atoms with Crippen molar-refractivity contribution in [3.63, 3.8) is 0 Å². The van der Waals surface area contributed by atoms with Crippen molar-refractivity contribution in [3.8, 4) is 6.07 Å². The normalized spacial score (nSPS) is 15.9. The lowest BCUT2D eigenvalue weighted by Gasteiger charge is -2.30. The standard InChI is InChI=1S/C16H12F2N2/c17-15-11(8-19)5-6-14(16(15)18)20-9-12-7-10-3-1-2-4-13(10)12/h1-6,12,20H,7,9H2. The van der Waals surface area contributed by atoms with E-state index in [1.807, 2.05) is 12.1 Å². The lowest BCUT2D eigenvalue weighted by Crippen LogP contribution is -2.24. The third kappa shape index (κ3) is 2.01. The van der Waals surface area contributed by atoms with Gasteiger partial charge in [-0.3, -0.25) is 0 Å². The molecule has 0 bridgehead atoms. The topological polar surface area (TPSA) is 35.8 Å². The molecule has 0 saturated carbocycles. The van der Waals surface area contributed by atoms with E-state index in [0.717, 1.165) is 6.42 Å². The van der Waals surface area contributed by atoms with Gasteiger partial charge in [-0.1, -0.05) is 24.3 Å². The summed E-state index contributed by atoms with van der Waals surface area (Å²) >= 11 is 0. The highest BCUT2D eigenvalue weighted by Gasteiger charge is 2.25. The Kier molecular flexibility index (Phi) is 3.11. The fourth-order valence-electron chi connectivity index (χ4n) is 2.55. The number of fused-ring (bicyclic) bond motifs is 1. The van der Waals surface area contributed by atoms with Crippen molar-refractivity contribution in [2.75, 3.05) is 11.9 Å². The van der Waals surface area contributed by atoms with Crippen molar-refractivity contribution in [1.29, 1.82) is 5.26 Å². The summed E-state index contributed by atoms with van der Waals surface area (Å²) in [5, 5.41) is 11.6. The maximum absolute atomic E-state index is 13.7. The zero-order valence-electron chi connectivity index (χ0n) is 10.7. The smallest absolute Gasteiger partial charge is 0.183 e. The van der Waals surface area contributed by atoms with E-state index < -0.39 is 11.6 Å². The maximum Gasteiger partial charge on any atom is 0.183 e. The minimum Gasteiger partial charge on any atom is -0.382 e. The largest absolute Gasteiger partial charge is 0.382 e. The van der Waals surface area contributed by atoms with Crippen molar-refractivity contribution in [1.82, 2.24) is 0 Å². The van der Waals surface area contributed by atoms with E-state index >= 15 is 0 Å². The molecule has 0 amide bonds. The zero-order valence-corrected chi connectivity index (χ0v) is 10.7. The van der Waals surface area contributed by atoms with Gasteiger partial charge in [0.05, 0.1) is 11.3 Å². The lowest BCUT2D eigenvalue weighted by atomic mass is 9.77. The Bertz CT molecular complexity index is 704. The Morgan fingerprint density at radius 3 is 2.70 bits per heavy atom. The Hall–Kier alpha value is -2.41. The van der Waals surface area contributed by atoms with Gasteiger partial charge in [0.25, 0.3) is 0 Å². The molecule has 0 aliphatic heterocycles. The lowest BCUT2D eigenvalue weighted by molar-refractivity contribution is 0.507. The molecule has 0 saturated heterocycles. The number of nitriles is 1. The molecule has 0 aromatic heterocycles. The van der Waals surface area contributed by atoms with Gasteiger partial charge in [-0.15, -0.1) is 0 Å². The first-order chi connectivity index (χ1) is 9.70. The summed E-state index contributed by atoms with van der Waals surface area (Å²) in [6.07, 6.45) is 0.948. The van der Waals surface area contributed by atoms with Crippen LogP contribution in [0.3, 0.4) is 0 Å². The van der Waals surface area contributed by atoms with Crippen LogP contribution in [-0.4, -0.2) is 6.54 Å². The zero-order chi connectivity index (χ0) is 14.1. The molecule has 1 unspecified atom stereocenters. The van der Waals surface area contributed by atoms with E-state index in [-0.39, 0.29) is 11.3 Å². The Morgan fingerprint density at radius 1 is 1.15 bits per heavy atom. The van der Waals surface area contributed by atoms with E-state index in [4.69, 9.17) is 5.26 Å². The van der Waals surface area contributed by atoms with Crippen LogP contribution >= 0.6 is 0 Å². The number of hydrogen-bond acceptors (Lipinski definition) is 2. The summed E-state index contributed by atoms with van der Waals surface area (Å²) in [6, 6.07) is 12.4. The average molecular weight is 270 g/mol. The van der Waals surface area contributed by atoms with Crippen molar-refractivity contribution in [2.24, 2.45) is 0 Å². The van der Waals surface area contributed by atoms with E-state index in [9.17, 15) is 8.78 Å². The van der Waals surface area contributed by atoms with E-state index in [0.29, 0.717) is 12.5 Å². The van der Waals surface area contributed by atoms with Crippen LogP contribution in [-0.2, 0) is 6.42 Å². The Labute approximate surface area is 115 Å². The Morgan fingerprint density at radius 2 is 1.95 bits per heavy atom. The summed E-state index contributed by atoms with van der Waals surface area (Å²) < 4.78 is 27.2. The third-order valence-corrected chi connectivity index (χ3v) is 3.70. The van der Waals surface area contributed by atoms with Crippen molar-refractivity contribution >= 4 is 5.69 Å². The van der Waals surface area contributed by atoms with Crippen molar-refractivity contribution < 1.29 is 8.78 Å². The second-order valence-electron chi connectivity index (χ2n) is 4.88. The molecule has 100 valence electrons. The van der Waals surface area contributed by atoms with Crippen LogP contribution in [0.1, 0.15) is 22.6 Å². The molecule has 0 heterocycles. The third-order valence-electron chi connectivity index (χ3n) is 3.70. The molecule has 0 radical (unpaired) electrons. The number of benzene rings is 2. The molecule has 1 N–H and O–H groups in total. The van der Waals surface area contributed by atoms with Gasteiger partial charge in [0, 0.05) is 12.5 Å². The van der Waals surface area contributed by atoms with E-state index in [2.05, 4.69) is 17.4 Å². The summed E-state index contributed by atoms with van der Waals surface area (Å²) in [5.74, 6) is -1.76. The van der Waals surface area contributed by atoms with Gasteiger partial charge in [-0.2, -0.15) is 5.26 Å². The van der Waals surface area contributed by atoms with Crippen molar-refractivity contribution in [2.45, 2.75) is 12.3 Å². The number of hydrogen-bond donors (Lipinski definition) is 1. The van der Waals surface area contributed by atoms with Crippen LogP contribution in [0.15, 0.2) is 36.4 Å². The maximum atomic E-state index is 13.7. The van der Waals surface area contributed by atoms with Crippen LogP contribution in [0.4, 0.5) is 14.5 Å².